The van der Waals surface area contributed by atoms with Gasteiger partial charge in [0.1, 0.15) is 11.2 Å². The van der Waals surface area contributed by atoms with E-state index >= 15 is 0 Å². The molecule has 0 fully saturated rings. The van der Waals surface area contributed by atoms with E-state index in [1.807, 2.05) is 0 Å². The minimum Gasteiger partial charge on any atom is -0.456 e. The number of nitrogens with zero attached hydrogens (tertiary/aromatic N) is 2. The number of para-hydroxylation sites is 2. The fourth-order valence-corrected chi connectivity index (χ4v) is 9.43. The molecule has 0 amide bonds. The Morgan fingerprint density at radius 1 is 0.311 bits per heavy atom. The zero-order chi connectivity index (χ0) is 40.3. The lowest BCUT2D eigenvalue weighted by Gasteiger charge is -2.26. The SMILES string of the molecule is c1ccc(-c2ccc(N(c3cccc(-c4ccccc4)c3)c3ccc4oc5cc(-c6cccc7c6c6ccccc6n7-c6ccccc6)c6ccccc6c5c4c3)cc2)cc1. The Morgan fingerprint density at radius 3 is 1.66 bits per heavy atom. The molecule has 0 N–H and O–H groups in total. The first-order valence-electron chi connectivity index (χ1n) is 20.8. The van der Waals surface area contributed by atoms with Gasteiger partial charge in [0, 0.05) is 44.3 Å². The van der Waals surface area contributed by atoms with Crippen LogP contribution in [0.4, 0.5) is 17.1 Å². The first-order valence-corrected chi connectivity index (χ1v) is 20.8. The lowest BCUT2D eigenvalue weighted by Crippen LogP contribution is -2.10. The molecule has 61 heavy (non-hydrogen) atoms. The number of fused-ring (bicyclic) bond motifs is 8. The predicted molar refractivity (Wildman–Crippen MR) is 257 cm³/mol. The van der Waals surface area contributed by atoms with Crippen molar-refractivity contribution >= 4 is 71.6 Å². The van der Waals surface area contributed by atoms with E-state index in [0.29, 0.717) is 0 Å². The van der Waals surface area contributed by atoms with Crippen molar-refractivity contribution in [1.82, 2.24) is 4.57 Å². The average molecular weight is 779 g/mol. The number of furan rings is 1. The van der Waals surface area contributed by atoms with Crippen LogP contribution in [0, 0.1) is 0 Å². The highest BCUT2D eigenvalue weighted by Crippen LogP contribution is 2.46. The molecule has 2 aromatic heterocycles. The molecule has 0 aliphatic heterocycles. The van der Waals surface area contributed by atoms with Crippen molar-refractivity contribution in [3.63, 3.8) is 0 Å². The van der Waals surface area contributed by atoms with Crippen LogP contribution in [0.25, 0.3) is 93.6 Å². The number of rotatable bonds is 7. The van der Waals surface area contributed by atoms with Gasteiger partial charge in [-0.25, -0.2) is 0 Å². The maximum absolute atomic E-state index is 6.86. The van der Waals surface area contributed by atoms with Crippen LogP contribution in [0.3, 0.4) is 0 Å². The molecule has 12 aromatic rings. The second kappa shape index (κ2) is 14.3. The van der Waals surface area contributed by atoms with E-state index in [4.69, 9.17) is 4.42 Å². The quantitative estimate of drug-likeness (QED) is 0.161. The second-order valence-electron chi connectivity index (χ2n) is 15.7. The van der Waals surface area contributed by atoms with Crippen LogP contribution in [0.1, 0.15) is 0 Å². The molecular weight excluding hydrogens is 741 g/mol. The van der Waals surface area contributed by atoms with Crippen molar-refractivity contribution < 1.29 is 4.42 Å². The molecule has 3 heteroatoms. The Labute approximate surface area is 353 Å². The molecule has 0 bridgehead atoms. The van der Waals surface area contributed by atoms with Crippen LogP contribution in [0.15, 0.2) is 235 Å². The molecule has 0 unspecified atom stereocenters. The Morgan fingerprint density at radius 2 is 0.885 bits per heavy atom. The second-order valence-corrected chi connectivity index (χ2v) is 15.7. The third kappa shape index (κ3) is 5.82. The monoisotopic (exact) mass is 778 g/mol. The lowest BCUT2D eigenvalue weighted by molar-refractivity contribution is 0.669. The van der Waals surface area contributed by atoms with Crippen LogP contribution in [0.2, 0.25) is 0 Å². The number of aromatic nitrogens is 1. The minimum atomic E-state index is 0.859. The zero-order valence-electron chi connectivity index (χ0n) is 33.2. The summed E-state index contributed by atoms with van der Waals surface area (Å²) in [5, 5.41) is 7.02. The summed E-state index contributed by atoms with van der Waals surface area (Å²) in [6.45, 7) is 0. The van der Waals surface area contributed by atoms with Crippen molar-refractivity contribution in [3.8, 4) is 39.1 Å². The summed E-state index contributed by atoms with van der Waals surface area (Å²) in [4.78, 5) is 2.36. The molecular formula is C58H38N2O. The molecule has 2 heterocycles. The van der Waals surface area contributed by atoms with Gasteiger partial charge < -0.3 is 13.9 Å². The summed E-state index contributed by atoms with van der Waals surface area (Å²) in [6, 6.07) is 82.7. The average Bonchev–Trinajstić information content (AvgIpc) is 3.88. The van der Waals surface area contributed by atoms with Crippen LogP contribution >= 0.6 is 0 Å². The molecule has 0 aliphatic carbocycles. The zero-order valence-corrected chi connectivity index (χ0v) is 33.2. The first kappa shape index (κ1) is 34.9. The smallest absolute Gasteiger partial charge is 0.136 e. The molecule has 286 valence electrons. The third-order valence-corrected chi connectivity index (χ3v) is 12.2. The van der Waals surface area contributed by atoms with E-state index < -0.39 is 0 Å². The summed E-state index contributed by atoms with van der Waals surface area (Å²) in [5.41, 5.74) is 15.5. The van der Waals surface area contributed by atoms with Gasteiger partial charge >= 0.3 is 0 Å². The molecule has 0 spiro atoms. The highest BCUT2D eigenvalue weighted by Gasteiger charge is 2.22. The summed E-state index contributed by atoms with van der Waals surface area (Å²) in [7, 11) is 0. The van der Waals surface area contributed by atoms with Gasteiger partial charge in [-0.15, -0.1) is 0 Å². The van der Waals surface area contributed by atoms with Gasteiger partial charge in [-0.2, -0.15) is 0 Å². The standard InChI is InChI=1S/C58H38N2O/c1-4-16-39(17-5-1)41-30-32-44(33-31-41)59(45-23-14-20-42(36-45)40-18-6-2-7-19-40)46-34-35-55-52(37-46)58-48-25-11-10-24-47(48)51(38-56(58)61-55)49-27-15-29-54-57(49)50-26-12-13-28-53(50)60(54)43-21-8-3-9-22-43/h1-38H. The number of benzene rings is 10. The van der Waals surface area contributed by atoms with E-state index in [1.165, 1.54) is 60.4 Å². The molecule has 10 aromatic carbocycles. The maximum Gasteiger partial charge on any atom is 0.136 e. The first-order chi connectivity index (χ1) is 30.3. The van der Waals surface area contributed by atoms with Gasteiger partial charge in [0.2, 0.25) is 0 Å². The van der Waals surface area contributed by atoms with Crippen LogP contribution in [0.5, 0.6) is 0 Å². The fourth-order valence-electron chi connectivity index (χ4n) is 9.43. The Bertz CT molecular complexity index is 3570. The van der Waals surface area contributed by atoms with Gasteiger partial charge in [-0.3, -0.25) is 0 Å². The Kier molecular flexibility index (Phi) is 8.17. The maximum atomic E-state index is 6.86. The summed E-state index contributed by atoms with van der Waals surface area (Å²) in [5.74, 6) is 0. The summed E-state index contributed by atoms with van der Waals surface area (Å²) in [6.07, 6.45) is 0. The van der Waals surface area contributed by atoms with Gasteiger partial charge in [0.05, 0.1) is 11.0 Å². The van der Waals surface area contributed by atoms with E-state index in [2.05, 4.69) is 240 Å². The molecule has 3 nitrogen and oxygen atoms in total. The van der Waals surface area contributed by atoms with Gasteiger partial charge in [0.25, 0.3) is 0 Å². The van der Waals surface area contributed by atoms with Crippen LogP contribution in [-0.4, -0.2) is 4.57 Å². The normalized spacial score (nSPS) is 11.6. The lowest BCUT2D eigenvalue weighted by atomic mass is 9.92. The molecule has 0 radical (unpaired) electrons. The highest BCUT2D eigenvalue weighted by atomic mass is 16.3. The number of anilines is 3. The molecule has 0 saturated heterocycles. The molecule has 0 aliphatic rings. The van der Waals surface area contributed by atoms with Crippen molar-refractivity contribution in [2.75, 3.05) is 4.90 Å². The number of hydrogen-bond acceptors (Lipinski definition) is 2. The van der Waals surface area contributed by atoms with Gasteiger partial charge in [-0.05, 0) is 117 Å². The number of hydrogen-bond donors (Lipinski definition) is 0. The van der Waals surface area contributed by atoms with Crippen molar-refractivity contribution in [1.29, 1.82) is 0 Å². The topological polar surface area (TPSA) is 21.3 Å². The van der Waals surface area contributed by atoms with Gasteiger partial charge in [-0.1, -0.05) is 158 Å². The highest BCUT2D eigenvalue weighted by molar-refractivity contribution is 6.25. The van der Waals surface area contributed by atoms with Gasteiger partial charge in [0.15, 0.2) is 0 Å². The summed E-state index contributed by atoms with van der Waals surface area (Å²) < 4.78 is 9.24. The van der Waals surface area contributed by atoms with Crippen molar-refractivity contribution in [2.24, 2.45) is 0 Å². The predicted octanol–water partition coefficient (Wildman–Crippen LogP) is 16.3. The van der Waals surface area contributed by atoms with E-state index in [1.54, 1.807) is 0 Å². The minimum absolute atomic E-state index is 0.859. The molecule has 0 atom stereocenters. The molecule has 0 saturated carbocycles. The Hall–Kier alpha value is -8.14. The van der Waals surface area contributed by atoms with E-state index in [0.717, 1.165) is 50.3 Å². The summed E-state index contributed by atoms with van der Waals surface area (Å²) >= 11 is 0. The fraction of sp³-hybridized carbons (Fsp3) is 0. The third-order valence-electron chi connectivity index (χ3n) is 12.2. The molecule has 12 rings (SSSR count). The van der Waals surface area contributed by atoms with Crippen molar-refractivity contribution in [2.45, 2.75) is 0 Å². The van der Waals surface area contributed by atoms with E-state index in [-0.39, 0.29) is 0 Å². The van der Waals surface area contributed by atoms with Crippen molar-refractivity contribution in [3.05, 3.63) is 231 Å². The van der Waals surface area contributed by atoms with Crippen LogP contribution < -0.4 is 4.90 Å². The van der Waals surface area contributed by atoms with Crippen LogP contribution in [-0.2, 0) is 0 Å². The Balaban J connectivity index is 1.06. The largest absolute Gasteiger partial charge is 0.456 e. The van der Waals surface area contributed by atoms with E-state index in [9.17, 15) is 0 Å².